The van der Waals surface area contributed by atoms with Gasteiger partial charge in [0.1, 0.15) is 5.75 Å². The Balaban J connectivity index is 1.85. The minimum absolute atomic E-state index is 0.0519. The average molecular weight is 343 g/mol. The third-order valence-electron chi connectivity index (χ3n) is 3.19. The van der Waals surface area contributed by atoms with Crippen LogP contribution >= 0.6 is 0 Å². The molecule has 0 unspecified atom stereocenters. The van der Waals surface area contributed by atoms with E-state index in [0.717, 1.165) is 0 Å². The molecule has 0 spiro atoms. The highest BCUT2D eigenvalue weighted by Crippen LogP contribution is 2.17. The first kappa shape index (κ1) is 17.9. The number of ether oxygens (including phenoxy) is 1. The summed E-state index contributed by atoms with van der Waals surface area (Å²) >= 11 is 0. The first-order valence-corrected chi connectivity index (χ1v) is 7.55. The maximum Gasteiger partial charge on any atom is 0.269 e. The van der Waals surface area contributed by atoms with Gasteiger partial charge in [-0.05, 0) is 43.3 Å². The van der Waals surface area contributed by atoms with Crippen LogP contribution in [0.2, 0.25) is 0 Å². The molecule has 8 nitrogen and oxygen atoms in total. The van der Waals surface area contributed by atoms with E-state index in [0.29, 0.717) is 23.5 Å². The highest BCUT2D eigenvalue weighted by atomic mass is 16.6. The molecule has 8 heteroatoms. The molecule has 0 aromatic heterocycles. The number of nitro groups is 1. The summed E-state index contributed by atoms with van der Waals surface area (Å²) in [5.41, 5.74) is 0.983. The van der Waals surface area contributed by atoms with Crippen molar-refractivity contribution in [1.82, 2.24) is 5.32 Å². The van der Waals surface area contributed by atoms with Gasteiger partial charge in [0.15, 0.2) is 6.61 Å². The van der Waals surface area contributed by atoms with Crippen LogP contribution < -0.4 is 15.4 Å². The van der Waals surface area contributed by atoms with Crippen LogP contribution in [-0.2, 0) is 4.79 Å². The Morgan fingerprint density at radius 1 is 1.08 bits per heavy atom. The average Bonchev–Trinajstić information content (AvgIpc) is 2.61. The summed E-state index contributed by atoms with van der Waals surface area (Å²) in [6.45, 7) is 2.13. The zero-order valence-corrected chi connectivity index (χ0v) is 13.5. The van der Waals surface area contributed by atoms with E-state index in [9.17, 15) is 19.7 Å². The van der Waals surface area contributed by atoms with Gasteiger partial charge in [-0.25, -0.2) is 0 Å². The molecule has 2 amide bonds. The summed E-state index contributed by atoms with van der Waals surface area (Å²) in [6, 6.07) is 11.9. The van der Waals surface area contributed by atoms with E-state index in [1.54, 1.807) is 24.3 Å². The largest absolute Gasteiger partial charge is 0.484 e. The molecule has 0 fully saturated rings. The summed E-state index contributed by atoms with van der Waals surface area (Å²) in [7, 11) is 0. The number of nitrogens with one attached hydrogen (secondary N) is 2. The molecule has 0 radical (unpaired) electrons. The van der Waals surface area contributed by atoms with Gasteiger partial charge in [-0.3, -0.25) is 19.7 Å². The predicted molar refractivity (Wildman–Crippen MR) is 91.7 cm³/mol. The Hall–Kier alpha value is -3.42. The van der Waals surface area contributed by atoms with Crippen molar-refractivity contribution < 1.29 is 19.2 Å². The van der Waals surface area contributed by atoms with Crippen molar-refractivity contribution in [3.05, 3.63) is 64.2 Å². The van der Waals surface area contributed by atoms with Gasteiger partial charge in [-0.2, -0.15) is 0 Å². The lowest BCUT2D eigenvalue weighted by Gasteiger charge is -2.08. The number of benzene rings is 2. The number of carbonyl (C=O) groups excluding carboxylic acids is 2. The van der Waals surface area contributed by atoms with E-state index in [-0.39, 0.29) is 24.1 Å². The number of amides is 2. The lowest BCUT2D eigenvalue weighted by Crippen LogP contribution is -2.23. The number of rotatable bonds is 7. The van der Waals surface area contributed by atoms with Gasteiger partial charge in [0.2, 0.25) is 0 Å². The molecule has 2 aromatic rings. The molecule has 2 aromatic carbocycles. The maximum absolute atomic E-state index is 11.9. The fourth-order valence-corrected chi connectivity index (χ4v) is 1.98. The summed E-state index contributed by atoms with van der Waals surface area (Å²) in [5, 5.41) is 15.9. The Morgan fingerprint density at radius 2 is 1.72 bits per heavy atom. The fraction of sp³-hybridized carbons (Fsp3) is 0.176. The lowest BCUT2D eigenvalue weighted by molar-refractivity contribution is -0.384. The van der Waals surface area contributed by atoms with E-state index >= 15 is 0 Å². The molecule has 0 aliphatic rings. The molecule has 130 valence electrons. The van der Waals surface area contributed by atoms with Crippen molar-refractivity contribution in [2.75, 3.05) is 18.5 Å². The van der Waals surface area contributed by atoms with E-state index < -0.39 is 4.92 Å². The van der Waals surface area contributed by atoms with Crippen molar-refractivity contribution >= 4 is 23.2 Å². The number of carbonyl (C=O) groups is 2. The zero-order chi connectivity index (χ0) is 18.2. The van der Waals surface area contributed by atoms with Gasteiger partial charge in [-0.1, -0.05) is 0 Å². The Bertz CT molecular complexity index is 757. The molecule has 0 bridgehead atoms. The van der Waals surface area contributed by atoms with Crippen LogP contribution in [0.25, 0.3) is 0 Å². The van der Waals surface area contributed by atoms with Crippen LogP contribution in [0.4, 0.5) is 11.4 Å². The van der Waals surface area contributed by atoms with Crippen LogP contribution in [0.15, 0.2) is 48.5 Å². The number of anilines is 1. The highest BCUT2D eigenvalue weighted by Gasteiger charge is 2.08. The molecule has 2 N–H and O–H groups in total. The van der Waals surface area contributed by atoms with Crippen molar-refractivity contribution in [3.8, 4) is 5.75 Å². The minimum atomic E-state index is -0.513. The number of hydrogen-bond acceptors (Lipinski definition) is 5. The van der Waals surface area contributed by atoms with Crippen LogP contribution in [0, 0.1) is 10.1 Å². The molecule has 0 saturated heterocycles. The van der Waals surface area contributed by atoms with Gasteiger partial charge >= 0.3 is 0 Å². The van der Waals surface area contributed by atoms with Crippen molar-refractivity contribution in [2.45, 2.75) is 6.92 Å². The standard InChI is InChI=1S/C17H17N3O5/c1-2-18-17(22)12-3-5-13(6-4-12)19-16(21)11-25-15-9-7-14(8-10-15)20(23)24/h3-10H,2,11H2,1H3,(H,18,22)(H,19,21). The molecular formula is C17H17N3O5. The second-order valence-electron chi connectivity index (χ2n) is 5.02. The molecular weight excluding hydrogens is 326 g/mol. The van der Waals surface area contributed by atoms with Gasteiger partial charge in [0, 0.05) is 29.9 Å². The number of nitro benzene ring substituents is 1. The quantitative estimate of drug-likeness (QED) is 0.592. The second kappa shape index (κ2) is 8.44. The third-order valence-corrected chi connectivity index (χ3v) is 3.19. The van der Waals surface area contributed by atoms with Crippen LogP contribution in [0.3, 0.4) is 0 Å². The monoisotopic (exact) mass is 343 g/mol. The SMILES string of the molecule is CCNC(=O)c1ccc(NC(=O)COc2ccc([N+](=O)[O-])cc2)cc1. The first-order chi connectivity index (χ1) is 12.0. The second-order valence-corrected chi connectivity index (χ2v) is 5.02. The van der Waals surface area contributed by atoms with Gasteiger partial charge in [-0.15, -0.1) is 0 Å². The molecule has 0 aliphatic heterocycles. The van der Waals surface area contributed by atoms with Crippen LogP contribution in [0.5, 0.6) is 5.75 Å². The molecule has 2 rings (SSSR count). The first-order valence-electron chi connectivity index (χ1n) is 7.55. The topological polar surface area (TPSA) is 111 Å². The predicted octanol–water partition coefficient (Wildman–Crippen LogP) is 2.36. The molecule has 25 heavy (non-hydrogen) atoms. The van der Waals surface area contributed by atoms with Crippen LogP contribution in [-0.4, -0.2) is 29.9 Å². The molecule has 0 aliphatic carbocycles. The Morgan fingerprint density at radius 3 is 2.28 bits per heavy atom. The zero-order valence-electron chi connectivity index (χ0n) is 13.5. The van der Waals surface area contributed by atoms with E-state index in [4.69, 9.17) is 4.74 Å². The third kappa shape index (κ3) is 5.31. The molecule has 0 atom stereocenters. The number of hydrogen-bond donors (Lipinski definition) is 2. The molecule has 0 heterocycles. The maximum atomic E-state index is 11.9. The molecule has 0 saturated carbocycles. The summed E-state index contributed by atoms with van der Waals surface area (Å²) in [5.74, 6) is -0.210. The van der Waals surface area contributed by atoms with Crippen molar-refractivity contribution in [1.29, 1.82) is 0 Å². The van der Waals surface area contributed by atoms with Crippen LogP contribution in [0.1, 0.15) is 17.3 Å². The highest BCUT2D eigenvalue weighted by molar-refractivity contribution is 5.96. The van der Waals surface area contributed by atoms with Crippen molar-refractivity contribution in [2.24, 2.45) is 0 Å². The van der Waals surface area contributed by atoms with Gasteiger partial charge < -0.3 is 15.4 Å². The Labute approximate surface area is 144 Å². The lowest BCUT2D eigenvalue weighted by atomic mass is 10.2. The fourth-order valence-electron chi connectivity index (χ4n) is 1.98. The number of non-ortho nitro benzene ring substituents is 1. The van der Waals surface area contributed by atoms with E-state index in [1.165, 1.54) is 24.3 Å². The van der Waals surface area contributed by atoms with E-state index in [2.05, 4.69) is 10.6 Å². The normalized spacial score (nSPS) is 9.96. The van der Waals surface area contributed by atoms with E-state index in [1.807, 2.05) is 6.92 Å². The Kier molecular flexibility index (Phi) is 6.05. The minimum Gasteiger partial charge on any atom is -0.484 e. The van der Waals surface area contributed by atoms with Crippen molar-refractivity contribution in [3.63, 3.8) is 0 Å². The summed E-state index contributed by atoms with van der Waals surface area (Å²) in [6.07, 6.45) is 0. The summed E-state index contributed by atoms with van der Waals surface area (Å²) < 4.78 is 5.27. The smallest absolute Gasteiger partial charge is 0.269 e. The summed E-state index contributed by atoms with van der Waals surface area (Å²) in [4.78, 5) is 33.5. The van der Waals surface area contributed by atoms with Gasteiger partial charge in [0.05, 0.1) is 4.92 Å². The number of nitrogens with zero attached hydrogens (tertiary/aromatic N) is 1. The van der Waals surface area contributed by atoms with Gasteiger partial charge in [0.25, 0.3) is 17.5 Å².